The molecule has 518 valence electrons. The summed E-state index contributed by atoms with van der Waals surface area (Å²) >= 11 is 0. The van der Waals surface area contributed by atoms with Gasteiger partial charge in [0, 0.05) is 61.7 Å². The van der Waals surface area contributed by atoms with E-state index in [1.165, 1.54) is 96.8 Å². The van der Waals surface area contributed by atoms with Gasteiger partial charge in [0.05, 0.1) is 13.2 Å². The summed E-state index contributed by atoms with van der Waals surface area (Å²) in [7, 11) is 0. The van der Waals surface area contributed by atoms with E-state index >= 15 is 0 Å². The third kappa shape index (κ3) is 36.8. The lowest BCUT2D eigenvalue weighted by Gasteiger charge is -2.48. The van der Waals surface area contributed by atoms with Crippen molar-refractivity contribution in [2.24, 2.45) is 47.3 Å². The lowest BCUT2D eigenvalue weighted by Crippen LogP contribution is -2.67. The van der Waals surface area contributed by atoms with Crippen LogP contribution in [-0.4, -0.2) is 149 Å². The van der Waals surface area contributed by atoms with Crippen LogP contribution >= 0.6 is 0 Å². The first kappa shape index (κ1) is 81.1. The van der Waals surface area contributed by atoms with E-state index in [0.717, 1.165) is 104 Å². The second-order valence-corrected chi connectivity index (χ2v) is 27.1. The second-order valence-electron chi connectivity index (χ2n) is 27.1. The van der Waals surface area contributed by atoms with Gasteiger partial charge in [0.15, 0.2) is 43.1 Å². The van der Waals surface area contributed by atoms with E-state index in [1.807, 2.05) is 0 Å². The molecule has 2 aliphatic heterocycles. The minimum atomic E-state index is -1.82. The van der Waals surface area contributed by atoms with Crippen LogP contribution in [-0.2, 0) is 95.1 Å². The zero-order valence-corrected chi connectivity index (χ0v) is 58.0. The Labute approximate surface area is 535 Å². The zero-order chi connectivity index (χ0) is 66.6. The Morgan fingerprint density at radius 1 is 0.337 bits per heavy atom. The molecule has 2 aliphatic rings. The number of esters is 7. The summed E-state index contributed by atoms with van der Waals surface area (Å²) in [6.45, 7) is 30.8. The van der Waals surface area contributed by atoms with Crippen LogP contribution in [0.4, 0.5) is 0 Å². The molecular weight excluding hydrogens is 1150 g/mol. The molecule has 0 spiro atoms. The van der Waals surface area contributed by atoms with E-state index in [2.05, 4.69) is 69.2 Å². The van der Waals surface area contributed by atoms with Crippen molar-refractivity contribution in [3.63, 3.8) is 0 Å². The monoisotopic (exact) mass is 1270 g/mol. The van der Waals surface area contributed by atoms with Crippen molar-refractivity contribution >= 4 is 41.8 Å². The van der Waals surface area contributed by atoms with Crippen molar-refractivity contribution in [2.45, 2.75) is 314 Å². The number of ether oxygens (including phenoxy) is 13. The van der Waals surface area contributed by atoms with Gasteiger partial charge in [-0.05, 0) is 60.2 Å². The van der Waals surface area contributed by atoms with Gasteiger partial charge < -0.3 is 61.6 Å². The number of carbonyl (C=O) groups excluding carboxylic acids is 7. The molecule has 0 aromatic rings. The normalized spacial score (nSPS) is 24.3. The maximum atomic E-state index is 13.1. The van der Waals surface area contributed by atoms with E-state index in [4.69, 9.17) is 61.6 Å². The van der Waals surface area contributed by atoms with Gasteiger partial charge in [-0.1, -0.05) is 185 Å². The molecule has 20 nitrogen and oxygen atoms in total. The minimum absolute atomic E-state index is 0.146. The Kier molecular flexibility index (Phi) is 41.4. The average Bonchev–Trinajstić information content (AvgIpc) is 1.19. The first-order valence-electron chi connectivity index (χ1n) is 33.9. The van der Waals surface area contributed by atoms with Gasteiger partial charge in [0.1, 0.15) is 37.6 Å². The Morgan fingerprint density at radius 2 is 0.652 bits per heavy atom. The highest BCUT2D eigenvalue weighted by Crippen LogP contribution is 2.36. The smallest absolute Gasteiger partial charge is 0.303 e. The Bertz CT molecular complexity index is 2000. The number of carbonyl (C=O) groups is 7. The number of rotatable bonds is 47. The molecule has 0 radical (unpaired) electrons. The molecule has 2 fully saturated rings. The van der Waals surface area contributed by atoms with E-state index < -0.39 is 123 Å². The van der Waals surface area contributed by atoms with Crippen LogP contribution in [0.15, 0.2) is 0 Å². The van der Waals surface area contributed by atoms with Crippen LogP contribution in [0.5, 0.6) is 0 Å². The molecule has 2 saturated heterocycles. The molecule has 0 amide bonds. The maximum absolute atomic E-state index is 13.1. The first-order valence-corrected chi connectivity index (χ1v) is 33.9. The van der Waals surface area contributed by atoms with Crippen molar-refractivity contribution in [3.05, 3.63) is 0 Å². The number of hydrogen-bond acceptors (Lipinski definition) is 20. The first-order chi connectivity index (χ1) is 42.0. The van der Waals surface area contributed by atoms with E-state index in [-0.39, 0.29) is 13.2 Å². The van der Waals surface area contributed by atoms with Gasteiger partial charge >= 0.3 is 41.8 Å². The molecule has 89 heavy (non-hydrogen) atoms. The standard InChI is InChI=1S/C69H122O20/c1-44(2)24-18-26-46(5)28-20-30-48(7)32-22-34-50(9)36-38-77-40-59(78-39-37-51(10)35-23-33-49(8)31-21-29-47(6)27-19-25-45(3)4)41-81-68-66(85-57(16)75)65(84-56(15)74)63(61(87-68)43-80-53(12)71)89-69-67(86-58(17)76)64(83-55(14)73)62(82-54(13)72)60(88-69)42-79-52(11)70/h44-51,59-69H,18-43H2,1-17H3/t46?,47?,48?,49?,50?,51?,59?,60-,61-,62+,63-,64+,65+,66-,67-,68-,69+/m1/s1. The third-order valence-electron chi connectivity index (χ3n) is 16.9. The lowest BCUT2D eigenvalue weighted by molar-refractivity contribution is -0.362. The number of hydrogen-bond donors (Lipinski definition) is 0. The molecule has 0 saturated carbocycles. The van der Waals surface area contributed by atoms with Crippen molar-refractivity contribution in [2.75, 3.05) is 39.6 Å². The van der Waals surface area contributed by atoms with Gasteiger partial charge in [-0.2, -0.15) is 0 Å². The molecule has 20 heteroatoms. The SMILES string of the molecule is CC(=O)OC[C@H]1O[C@@H](O[C@H]2[C@H](OC(C)=O)[C@@H](OC(C)=O)[C@H](OCC(COCCC(C)CCCC(C)CCCC(C)CCCC(C)C)OCCC(C)CCCC(C)CCCC(C)CCCC(C)C)O[C@@H]2COC(C)=O)[C@H](OC(C)=O)[C@@H](OC(C)=O)[C@H]1OC(C)=O. The Balaban J connectivity index is 2.39. The fourth-order valence-corrected chi connectivity index (χ4v) is 11.8. The van der Waals surface area contributed by atoms with Crippen molar-refractivity contribution in [3.8, 4) is 0 Å². The predicted molar refractivity (Wildman–Crippen MR) is 337 cm³/mol. The van der Waals surface area contributed by atoms with Gasteiger partial charge in [0.25, 0.3) is 0 Å². The highest BCUT2D eigenvalue weighted by atomic mass is 16.8. The van der Waals surface area contributed by atoms with Gasteiger partial charge in [0.2, 0.25) is 0 Å². The third-order valence-corrected chi connectivity index (χ3v) is 16.9. The van der Waals surface area contributed by atoms with Crippen molar-refractivity contribution < 1.29 is 95.1 Å². The van der Waals surface area contributed by atoms with E-state index in [0.29, 0.717) is 36.9 Å². The molecule has 0 bridgehead atoms. The topological polar surface area (TPSA) is 239 Å². The maximum Gasteiger partial charge on any atom is 0.303 e. The van der Waals surface area contributed by atoms with Crippen LogP contribution in [0.3, 0.4) is 0 Å². The summed E-state index contributed by atoms with van der Waals surface area (Å²) < 4.78 is 78.0. The molecule has 0 N–H and O–H groups in total. The average molecular weight is 1270 g/mol. The quantitative estimate of drug-likeness (QED) is 0.0312. The Morgan fingerprint density at radius 3 is 1.03 bits per heavy atom. The molecular formula is C69H122O20. The molecule has 17 atom stereocenters. The molecule has 0 aromatic carbocycles. The van der Waals surface area contributed by atoms with Crippen LogP contribution < -0.4 is 0 Å². The summed E-state index contributed by atoms with van der Waals surface area (Å²) in [5.74, 6) is -0.531. The summed E-state index contributed by atoms with van der Waals surface area (Å²) in [6, 6.07) is 0. The van der Waals surface area contributed by atoms with Crippen molar-refractivity contribution in [1.29, 1.82) is 0 Å². The van der Waals surface area contributed by atoms with E-state index in [9.17, 15) is 33.6 Å². The second kappa shape index (κ2) is 45.4. The molecule has 2 rings (SSSR count). The van der Waals surface area contributed by atoms with Gasteiger partial charge in [-0.15, -0.1) is 0 Å². The molecule has 2 heterocycles. The molecule has 7 unspecified atom stereocenters. The summed E-state index contributed by atoms with van der Waals surface area (Å²) in [4.78, 5) is 88.7. The summed E-state index contributed by atoms with van der Waals surface area (Å²) in [5.41, 5.74) is 0. The Hall–Kier alpha value is -3.95. The minimum Gasteiger partial charge on any atom is -0.463 e. The fourth-order valence-electron chi connectivity index (χ4n) is 11.8. The summed E-state index contributed by atoms with van der Waals surface area (Å²) in [5, 5.41) is 0. The molecule has 0 aromatic heterocycles. The van der Waals surface area contributed by atoms with Gasteiger partial charge in [-0.25, -0.2) is 0 Å². The fraction of sp³-hybridized carbons (Fsp3) is 0.899. The highest BCUT2D eigenvalue weighted by Gasteiger charge is 2.58. The zero-order valence-electron chi connectivity index (χ0n) is 58.0. The molecule has 0 aliphatic carbocycles. The van der Waals surface area contributed by atoms with Crippen LogP contribution in [0, 0.1) is 47.3 Å². The van der Waals surface area contributed by atoms with E-state index in [1.54, 1.807) is 0 Å². The highest BCUT2D eigenvalue weighted by molar-refractivity contribution is 5.69. The summed E-state index contributed by atoms with van der Waals surface area (Å²) in [6.07, 6.45) is 7.49. The van der Waals surface area contributed by atoms with Crippen LogP contribution in [0.2, 0.25) is 0 Å². The van der Waals surface area contributed by atoms with Crippen molar-refractivity contribution in [1.82, 2.24) is 0 Å². The predicted octanol–water partition coefficient (Wildman–Crippen LogP) is 13.0. The lowest BCUT2D eigenvalue weighted by atomic mass is 9.91. The largest absolute Gasteiger partial charge is 0.463 e. The van der Waals surface area contributed by atoms with Crippen LogP contribution in [0.1, 0.15) is 246 Å². The van der Waals surface area contributed by atoms with Gasteiger partial charge in [-0.3, -0.25) is 33.6 Å². The van der Waals surface area contributed by atoms with Crippen LogP contribution in [0.25, 0.3) is 0 Å².